The van der Waals surface area contributed by atoms with Crippen molar-refractivity contribution >= 4 is 16.8 Å². The Morgan fingerprint density at radius 2 is 1.56 bits per heavy atom. The summed E-state index contributed by atoms with van der Waals surface area (Å²) in [6.07, 6.45) is 0.455. The number of aryl methyl sites for hydroxylation is 2. The summed E-state index contributed by atoms with van der Waals surface area (Å²) >= 11 is 0. The Balaban J connectivity index is 1.38. The third-order valence-electron chi connectivity index (χ3n) is 6.16. The summed E-state index contributed by atoms with van der Waals surface area (Å²) in [5.41, 5.74) is 5.28. The second-order valence-electron chi connectivity index (χ2n) is 8.26. The van der Waals surface area contributed by atoms with Gasteiger partial charge in [0.15, 0.2) is 0 Å². The lowest BCUT2D eigenvalue weighted by Gasteiger charge is -2.27. The first kappa shape index (κ1) is 20.1. The highest BCUT2D eigenvalue weighted by molar-refractivity contribution is 5.89. The van der Waals surface area contributed by atoms with E-state index >= 15 is 0 Å². The maximum absolute atomic E-state index is 13.3. The molecule has 0 spiro atoms. The monoisotopic (exact) mass is 424 g/mol. The van der Waals surface area contributed by atoms with Crippen LogP contribution in [0.3, 0.4) is 0 Å². The van der Waals surface area contributed by atoms with Crippen LogP contribution in [0.15, 0.2) is 71.5 Å². The zero-order valence-corrected chi connectivity index (χ0v) is 18.1. The molecule has 0 aliphatic carbocycles. The largest absolute Gasteiger partial charge is 0.457 e. The van der Waals surface area contributed by atoms with Crippen molar-refractivity contribution in [3.63, 3.8) is 0 Å². The molecule has 1 aliphatic rings. The first-order valence-corrected chi connectivity index (χ1v) is 10.8. The predicted molar refractivity (Wildman–Crippen MR) is 126 cm³/mol. The normalized spacial score (nSPS) is 12.7. The molecule has 5 rings (SSSR count). The van der Waals surface area contributed by atoms with Crippen molar-refractivity contribution in [2.75, 3.05) is 6.54 Å². The first-order valence-electron chi connectivity index (χ1n) is 10.8. The predicted octanol–water partition coefficient (Wildman–Crippen LogP) is 4.74. The van der Waals surface area contributed by atoms with Gasteiger partial charge in [0.05, 0.1) is 11.4 Å². The number of carbonyl (C=O) groups excluding carboxylic acids is 1. The van der Waals surface area contributed by atoms with Gasteiger partial charge in [0.2, 0.25) is 5.91 Å². The van der Waals surface area contributed by atoms with Gasteiger partial charge in [0.25, 0.3) is 5.56 Å². The molecule has 2 heterocycles. The van der Waals surface area contributed by atoms with Crippen LogP contribution in [0, 0.1) is 13.8 Å². The maximum atomic E-state index is 13.3. The van der Waals surface area contributed by atoms with Crippen LogP contribution in [-0.2, 0) is 11.2 Å². The number of nitrogens with one attached hydrogen (secondary N) is 2. The van der Waals surface area contributed by atoms with Gasteiger partial charge in [0.1, 0.15) is 11.5 Å². The summed E-state index contributed by atoms with van der Waals surface area (Å²) in [6.45, 7) is 4.40. The number of aromatic amines is 1. The summed E-state index contributed by atoms with van der Waals surface area (Å²) < 4.78 is 5.98. The number of pyridine rings is 1. The minimum absolute atomic E-state index is 0.0996. The van der Waals surface area contributed by atoms with Gasteiger partial charge in [-0.05, 0) is 49.6 Å². The highest BCUT2D eigenvalue weighted by Crippen LogP contribution is 2.43. The molecule has 5 heteroatoms. The van der Waals surface area contributed by atoms with Crippen LogP contribution in [-0.4, -0.2) is 17.4 Å². The van der Waals surface area contributed by atoms with Crippen molar-refractivity contribution < 1.29 is 9.53 Å². The average Bonchev–Trinajstić information content (AvgIpc) is 2.80. The second kappa shape index (κ2) is 8.00. The molecule has 160 valence electrons. The van der Waals surface area contributed by atoms with E-state index in [4.69, 9.17) is 4.74 Å². The van der Waals surface area contributed by atoms with Gasteiger partial charge in [-0.25, -0.2) is 0 Å². The second-order valence-corrected chi connectivity index (χ2v) is 8.26. The fraction of sp³-hybridized carbons (Fsp3) is 0.185. The van der Waals surface area contributed by atoms with Crippen LogP contribution in [0.25, 0.3) is 10.9 Å². The third-order valence-corrected chi connectivity index (χ3v) is 6.16. The van der Waals surface area contributed by atoms with E-state index in [0.29, 0.717) is 30.0 Å². The molecule has 1 amide bonds. The first-order chi connectivity index (χ1) is 15.5. The maximum Gasteiger partial charge on any atom is 0.251 e. The number of hydrogen-bond acceptors (Lipinski definition) is 3. The molecule has 3 aromatic carbocycles. The lowest BCUT2D eigenvalue weighted by atomic mass is 9.87. The lowest BCUT2D eigenvalue weighted by molar-refractivity contribution is -0.121. The molecule has 1 aliphatic heterocycles. The highest BCUT2D eigenvalue weighted by Gasteiger charge is 2.32. The number of carbonyl (C=O) groups is 1. The van der Waals surface area contributed by atoms with E-state index in [-0.39, 0.29) is 11.5 Å². The molecular formula is C27H24N2O3. The minimum atomic E-state index is -0.448. The Morgan fingerprint density at radius 3 is 2.25 bits per heavy atom. The van der Waals surface area contributed by atoms with Crippen LogP contribution in [0.2, 0.25) is 0 Å². The van der Waals surface area contributed by atoms with Gasteiger partial charge in [-0.1, -0.05) is 48.5 Å². The van der Waals surface area contributed by atoms with Crippen LogP contribution in [0.4, 0.5) is 0 Å². The van der Waals surface area contributed by atoms with Crippen LogP contribution >= 0.6 is 0 Å². The van der Waals surface area contributed by atoms with E-state index in [1.807, 2.05) is 74.5 Å². The zero-order valence-electron chi connectivity index (χ0n) is 18.1. The number of rotatable bonds is 4. The SMILES string of the molecule is Cc1ccc(C)c2[nH]c(=O)c(CCNC(=O)C3c4ccccc4Oc4ccccc43)cc12. The van der Waals surface area contributed by atoms with Gasteiger partial charge < -0.3 is 15.0 Å². The van der Waals surface area contributed by atoms with Crippen LogP contribution in [0.1, 0.15) is 33.7 Å². The molecule has 0 radical (unpaired) electrons. The van der Waals surface area contributed by atoms with Crippen molar-refractivity contribution in [2.24, 2.45) is 0 Å². The Hall–Kier alpha value is -3.86. The molecule has 0 unspecified atom stereocenters. The molecular weight excluding hydrogens is 400 g/mol. The smallest absolute Gasteiger partial charge is 0.251 e. The summed E-state index contributed by atoms with van der Waals surface area (Å²) in [7, 11) is 0. The zero-order chi connectivity index (χ0) is 22.2. The Bertz CT molecular complexity index is 1360. The van der Waals surface area contributed by atoms with Crippen molar-refractivity contribution in [1.29, 1.82) is 0 Å². The molecule has 0 fully saturated rings. The summed E-state index contributed by atoms with van der Waals surface area (Å²) in [5.74, 6) is 0.847. The topological polar surface area (TPSA) is 71.2 Å². The number of hydrogen-bond donors (Lipinski definition) is 2. The number of benzene rings is 3. The van der Waals surface area contributed by atoms with Crippen molar-refractivity contribution in [1.82, 2.24) is 10.3 Å². The van der Waals surface area contributed by atoms with Crippen molar-refractivity contribution in [3.05, 3.63) is 105 Å². The molecule has 0 atom stereocenters. The van der Waals surface area contributed by atoms with Gasteiger partial charge in [-0.15, -0.1) is 0 Å². The number of para-hydroxylation sites is 2. The number of fused-ring (bicyclic) bond motifs is 3. The van der Waals surface area contributed by atoms with Crippen LogP contribution in [0.5, 0.6) is 11.5 Å². The summed E-state index contributed by atoms with van der Waals surface area (Å²) in [5, 5.41) is 4.08. The number of aromatic nitrogens is 1. The van der Waals surface area contributed by atoms with Gasteiger partial charge in [0, 0.05) is 28.6 Å². The van der Waals surface area contributed by atoms with E-state index in [0.717, 1.165) is 33.2 Å². The molecule has 5 nitrogen and oxygen atoms in total. The fourth-order valence-corrected chi connectivity index (χ4v) is 4.42. The molecule has 0 bridgehead atoms. The Labute approximate surface area is 186 Å². The molecule has 0 saturated carbocycles. The fourth-order valence-electron chi connectivity index (χ4n) is 4.42. The van der Waals surface area contributed by atoms with Gasteiger partial charge >= 0.3 is 0 Å². The van der Waals surface area contributed by atoms with Gasteiger partial charge in [-0.3, -0.25) is 9.59 Å². The van der Waals surface area contributed by atoms with Crippen LogP contribution < -0.4 is 15.6 Å². The molecule has 2 N–H and O–H groups in total. The van der Waals surface area contributed by atoms with E-state index in [1.54, 1.807) is 0 Å². The van der Waals surface area contributed by atoms with Gasteiger partial charge in [-0.2, -0.15) is 0 Å². The van der Waals surface area contributed by atoms with E-state index < -0.39 is 5.92 Å². The van der Waals surface area contributed by atoms with Crippen molar-refractivity contribution in [2.45, 2.75) is 26.2 Å². The van der Waals surface area contributed by atoms with Crippen molar-refractivity contribution in [3.8, 4) is 11.5 Å². The highest BCUT2D eigenvalue weighted by atomic mass is 16.5. The van der Waals surface area contributed by atoms with E-state index in [1.165, 1.54) is 0 Å². The molecule has 0 saturated heterocycles. The minimum Gasteiger partial charge on any atom is -0.457 e. The summed E-state index contributed by atoms with van der Waals surface area (Å²) in [6, 6.07) is 21.2. The molecule has 1 aromatic heterocycles. The number of ether oxygens (including phenoxy) is 1. The standard InChI is InChI=1S/C27H24N2O3/c1-16-11-12-17(2)25-21(16)15-18(26(30)29-25)13-14-28-27(31)24-19-7-3-5-9-22(19)32-23-10-6-4-8-20(23)24/h3-12,15,24H,13-14H2,1-2H3,(H,28,31)(H,29,30). The Kier molecular flexibility index (Phi) is 5.02. The van der Waals surface area contributed by atoms with E-state index in [2.05, 4.69) is 16.4 Å². The molecule has 32 heavy (non-hydrogen) atoms. The summed E-state index contributed by atoms with van der Waals surface area (Å²) in [4.78, 5) is 28.9. The average molecular weight is 425 g/mol. The van der Waals surface area contributed by atoms with E-state index in [9.17, 15) is 9.59 Å². The lowest BCUT2D eigenvalue weighted by Crippen LogP contribution is -2.33. The Morgan fingerprint density at radius 1 is 0.938 bits per heavy atom. The number of amides is 1. The molecule has 4 aromatic rings. The third kappa shape index (κ3) is 3.46. The quantitative estimate of drug-likeness (QED) is 0.497. The number of H-pyrrole nitrogens is 1.